The molecule has 0 saturated heterocycles. The summed E-state index contributed by atoms with van der Waals surface area (Å²) in [5, 5.41) is 4.87. The van der Waals surface area contributed by atoms with Crippen molar-refractivity contribution >= 4 is 17.4 Å². The highest BCUT2D eigenvalue weighted by atomic mass is 19.2. The highest BCUT2D eigenvalue weighted by Gasteiger charge is 2.06. The Hall–Kier alpha value is -2.50. The van der Waals surface area contributed by atoms with Crippen LogP contribution in [0.3, 0.4) is 0 Å². The number of nitrogens with zero attached hydrogens (tertiary/aromatic N) is 1. The Morgan fingerprint density at radius 3 is 2.50 bits per heavy atom. The molecule has 0 bridgehead atoms. The van der Waals surface area contributed by atoms with Crippen LogP contribution in [-0.2, 0) is 0 Å². The number of nitrogens with one attached hydrogen (secondary N) is 2. The van der Waals surface area contributed by atoms with E-state index in [1.165, 1.54) is 12.3 Å². The summed E-state index contributed by atoms with van der Waals surface area (Å²) >= 11 is 0. The molecule has 1 heterocycles. The minimum Gasteiger partial charge on any atom is -0.308 e. The number of hydrogen-bond donors (Lipinski definition) is 2. The van der Waals surface area contributed by atoms with Crippen LogP contribution < -0.4 is 10.6 Å². The lowest BCUT2D eigenvalue weighted by Crippen LogP contribution is -2.19. The van der Waals surface area contributed by atoms with Crippen molar-refractivity contribution in [2.75, 3.05) is 10.6 Å². The Morgan fingerprint density at radius 2 is 1.83 bits per heavy atom. The average molecular weight is 249 g/mol. The fourth-order valence-electron chi connectivity index (χ4n) is 1.30. The van der Waals surface area contributed by atoms with Crippen molar-refractivity contribution in [3.63, 3.8) is 0 Å². The van der Waals surface area contributed by atoms with E-state index >= 15 is 0 Å². The van der Waals surface area contributed by atoms with Gasteiger partial charge in [-0.1, -0.05) is 0 Å². The lowest BCUT2D eigenvalue weighted by molar-refractivity contribution is 0.262. The first-order valence-electron chi connectivity index (χ1n) is 5.08. The maximum Gasteiger partial charge on any atom is 0.323 e. The number of hydrogen-bond acceptors (Lipinski definition) is 2. The number of aromatic nitrogens is 1. The van der Waals surface area contributed by atoms with Gasteiger partial charge in [-0.25, -0.2) is 13.6 Å². The van der Waals surface area contributed by atoms with Crippen LogP contribution in [0, 0.1) is 11.6 Å². The van der Waals surface area contributed by atoms with Crippen molar-refractivity contribution in [2.24, 2.45) is 0 Å². The van der Waals surface area contributed by atoms with Crippen LogP contribution in [0.4, 0.5) is 25.0 Å². The van der Waals surface area contributed by atoms with Crippen molar-refractivity contribution in [3.8, 4) is 0 Å². The molecule has 0 saturated carbocycles. The summed E-state index contributed by atoms with van der Waals surface area (Å²) in [6.07, 6.45) is 3.03. The van der Waals surface area contributed by atoms with Crippen molar-refractivity contribution in [1.29, 1.82) is 0 Å². The van der Waals surface area contributed by atoms with Gasteiger partial charge in [-0.15, -0.1) is 0 Å². The summed E-state index contributed by atoms with van der Waals surface area (Å²) in [5.74, 6) is -1.98. The van der Waals surface area contributed by atoms with Crippen LogP contribution in [0.15, 0.2) is 42.7 Å². The molecule has 0 atom stereocenters. The Morgan fingerprint density at radius 1 is 1.06 bits per heavy atom. The minimum atomic E-state index is -1.02. The lowest BCUT2D eigenvalue weighted by Gasteiger charge is -2.07. The standard InChI is InChI=1S/C12H9F2N3O/c13-10-4-3-8(6-11(10)14)16-12(18)17-9-2-1-5-15-7-9/h1-7H,(H2,16,17,18). The first-order chi connectivity index (χ1) is 8.65. The van der Waals surface area contributed by atoms with Crippen molar-refractivity contribution < 1.29 is 13.6 Å². The van der Waals surface area contributed by atoms with E-state index in [1.807, 2.05) is 0 Å². The normalized spacial score (nSPS) is 9.89. The Balaban J connectivity index is 2.01. The molecule has 18 heavy (non-hydrogen) atoms. The number of carbonyl (C=O) groups excluding carboxylic acids is 1. The molecular formula is C12H9F2N3O. The van der Waals surface area contributed by atoms with Gasteiger partial charge < -0.3 is 10.6 Å². The molecule has 2 N–H and O–H groups in total. The molecule has 0 spiro atoms. The molecule has 1 aromatic carbocycles. The van der Waals surface area contributed by atoms with E-state index in [-0.39, 0.29) is 5.69 Å². The fourth-order valence-corrected chi connectivity index (χ4v) is 1.30. The molecule has 92 valence electrons. The average Bonchev–Trinajstić information content (AvgIpc) is 2.35. The number of benzene rings is 1. The lowest BCUT2D eigenvalue weighted by atomic mass is 10.3. The summed E-state index contributed by atoms with van der Waals surface area (Å²) in [6.45, 7) is 0. The van der Waals surface area contributed by atoms with E-state index in [0.29, 0.717) is 5.69 Å². The summed E-state index contributed by atoms with van der Waals surface area (Å²) in [4.78, 5) is 15.3. The fraction of sp³-hybridized carbons (Fsp3) is 0. The molecule has 2 aromatic rings. The largest absolute Gasteiger partial charge is 0.323 e. The molecule has 0 aliphatic rings. The van der Waals surface area contributed by atoms with E-state index in [9.17, 15) is 13.6 Å². The van der Waals surface area contributed by atoms with Crippen LogP contribution in [0.2, 0.25) is 0 Å². The van der Waals surface area contributed by atoms with Crippen molar-refractivity contribution in [2.45, 2.75) is 0 Å². The van der Waals surface area contributed by atoms with Gasteiger partial charge in [0.15, 0.2) is 11.6 Å². The van der Waals surface area contributed by atoms with Crippen LogP contribution in [0.5, 0.6) is 0 Å². The number of amides is 2. The van der Waals surface area contributed by atoms with Crippen LogP contribution >= 0.6 is 0 Å². The maximum atomic E-state index is 12.9. The molecule has 0 unspecified atom stereocenters. The van der Waals surface area contributed by atoms with Gasteiger partial charge in [0, 0.05) is 18.0 Å². The third-order valence-electron chi connectivity index (χ3n) is 2.10. The molecular weight excluding hydrogens is 240 g/mol. The predicted molar refractivity (Wildman–Crippen MR) is 63.2 cm³/mol. The maximum absolute atomic E-state index is 12.9. The van der Waals surface area contributed by atoms with Crippen LogP contribution in [0.25, 0.3) is 0 Å². The number of anilines is 2. The van der Waals surface area contributed by atoms with Gasteiger partial charge in [0.25, 0.3) is 0 Å². The molecule has 4 nitrogen and oxygen atoms in total. The number of pyridine rings is 1. The topological polar surface area (TPSA) is 54.0 Å². The zero-order chi connectivity index (χ0) is 13.0. The molecule has 2 rings (SSSR count). The zero-order valence-corrected chi connectivity index (χ0v) is 9.15. The summed E-state index contributed by atoms with van der Waals surface area (Å²) < 4.78 is 25.6. The molecule has 0 aliphatic carbocycles. The second-order valence-electron chi connectivity index (χ2n) is 3.45. The minimum absolute atomic E-state index is 0.162. The molecule has 2 amide bonds. The highest BCUT2D eigenvalue weighted by molar-refractivity contribution is 5.99. The second kappa shape index (κ2) is 5.22. The quantitative estimate of drug-likeness (QED) is 0.859. The van der Waals surface area contributed by atoms with Crippen LogP contribution in [-0.4, -0.2) is 11.0 Å². The summed E-state index contributed by atoms with van der Waals surface area (Å²) in [7, 11) is 0. The third kappa shape index (κ3) is 3.00. The van der Waals surface area contributed by atoms with E-state index in [4.69, 9.17) is 0 Å². The Kier molecular flexibility index (Phi) is 3.47. The molecule has 0 radical (unpaired) electrons. The van der Waals surface area contributed by atoms with E-state index in [0.717, 1.165) is 12.1 Å². The van der Waals surface area contributed by atoms with Gasteiger partial charge in [0.2, 0.25) is 0 Å². The number of carbonyl (C=O) groups is 1. The SMILES string of the molecule is O=C(Nc1cccnc1)Nc1ccc(F)c(F)c1. The number of urea groups is 1. The number of rotatable bonds is 2. The second-order valence-corrected chi connectivity index (χ2v) is 3.45. The predicted octanol–water partition coefficient (Wildman–Crippen LogP) is 3.00. The van der Waals surface area contributed by atoms with E-state index in [1.54, 1.807) is 18.3 Å². The molecule has 1 aromatic heterocycles. The smallest absolute Gasteiger partial charge is 0.308 e. The van der Waals surface area contributed by atoms with Gasteiger partial charge >= 0.3 is 6.03 Å². The van der Waals surface area contributed by atoms with Gasteiger partial charge in [-0.2, -0.15) is 0 Å². The Bertz CT molecular complexity index is 561. The summed E-state index contributed by atoms with van der Waals surface area (Å²) in [5.41, 5.74) is 0.660. The molecule has 0 fully saturated rings. The first-order valence-corrected chi connectivity index (χ1v) is 5.08. The van der Waals surface area contributed by atoms with Gasteiger partial charge in [0.05, 0.1) is 11.9 Å². The number of halogens is 2. The first kappa shape index (κ1) is 12.0. The van der Waals surface area contributed by atoms with Gasteiger partial charge in [0.1, 0.15) is 0 Å². The zero-order valence-electron chi connectivity index (χ0n) is 9.15. The van der Waals surface area contributed by atoms with Gasteiger partial charge in [-0.3, -0.25) is 4.98 Å². The van der Waals surface area contributed by atoms with Crippen molar-refractivity contribution in [1.82, 2.24) is 4.98 Å². The third-order valence-corrected chi connectivity index (χ3v) is 2.10. The Labute approximate surface area is 102 Å². The monoisotopic (exact) mass is 249 g/mol. The molecule has 6 heteroatoms. The van der Waals surface area contributed by atoms with Crippen molar-refractivity contribution in [3.05, 3.63) is 54.4 Å². The van der Waals surface area contributed by atoms with Crippen LogP contribution in [0.1, 0.15) is 0 Å². The highest BCUT2D eigenvalue weighted by Crippen LogP contribution is 2.13. The van der Waals surface area contributed by atoms with E-state index in [2.05, 4.69) is 15.6 Å². The van der Waals surface area contributed by atoms with Gasteiger partial charge in [-0.05, 0) is 24.3 Å². The molecule has 0 aliphatic heterocycles. The summed E-state index contributed by atoms with van der Waals surface area (Å²) in [6, 6.07) is 5.85. The van der Waals surface area contributed by atoms with E-state index < -0.39 is 17.7 Å².